The summed E-state index contributed by atoms with van der Waals surface area (Å²) < 4.78 is 0. The lowest BCUT2D eigenvalue weighted by Gasteiger charge is -2.29. The van der Waals surface area contributed by atoms with Crippen LogP contribution in [0, 0.1) is 0 Å². The third-order valence-electron chi connectivity index (χ3n) is 4.56. The molecule has 0 radical (unpaired) electrons. The molecule has 1 atom stereocenters. The first-order valence-electron chi connectivity index (χ1n) is 9.93. The molecule has 7 heteroatoms. The number of benzene rings is 2. The first-order valence-corrected chi connectivity index (χ1v) is 11.8. The molecule has 4 nitrogen and oxygen atoms in total. The lowest BCUT2D eigenvalue weighted by atomic mass is 10.1. The molecule has 0 aliphatic carbocycles. The summed E-state index contributed by atoms with van der Waals surface area (Å²) in [6, 6.07) is 14.9. The van der Waals surface area contributed by atoms with Crippen LogP contribution in [-0.4, -0.2) is 41.1 Å². The molecule has 162 valence electrons. The van der Waals surface area contributed by atoms with Crippen molar-refractivity contribution in [3.05, 3.63) is 69.7 Å². The molecule has 0 heterocycles. The molecule has 0 aliphatic rings. The van der Waals surface area contributed by atoms with Crippen molar-refractivity contribution in [1.29, 1.82) is 0 Å². The molecule has 2 aromatic carbocycles. The highest BCUT2D eigenvalue weighted by atomic mass is 35.5. The van der Waals surface area contributed by atoms with Gasteiger partial charge in [-0.15, -0.1) is 11.8 Å². The van der Waals surface area contributed by atoms with E-state index in [2.05, 4.69) is 5.32 Å². The van der Waals surface area contributed by atoms with Gasteiger partial charge in [0.2, 0.25) is 11.8 Å². The van der Waals surface area contributed by atoms with E-state index in [0.29, 0.717) is 28.8 Å². The SMILES string of the molecule is CC(C)NC(=O)[C@H](C)N(CCc1ccccc1)C(=O)CSCc1ccc(Cl)c(Cl)c1. The van der Waals surface area contributed by atoms with Gasteiger partial charge >= 0.3 is 0 Å². The molecule has 30 heavy (non-hydrogen) atoms. The van der Waals surface area contributed by atoms with Gasteiger partial charge < -0.3 is 10.2 Å². The van der Waals surface area contributed by atoms with E-state index in [1.165, 1.54) is 11.8 Å². The Bertz CT molecular complexity index is 846. The fourth-order valence-electron chi connectivity index (χ4n) is 2.94. The van der Waals surface area contributed by atoms with Gasteiger partial charge in [-0.2, -0.15) is 0 Å². The van der Waals surface area contributed by atoms with Crippen molar-refractivity contribution in [2.75, 3.05) is 12.3 Å². The van der Waals surface area contributed by atoms with Gasteiger partial charge in [-0.1, -0.05) is 59.6 Å². The second-order valence-corrected chi connectivity index (χ2v) is 9.20. The zero-order chi connectivity index (χ0) is 22.1. The summed E-state index contributed by atoms with van der Waals surface area (Å²) in [4.78, 5) is 27.2. The van der Waals surface area contributed by atoms with Gasteiger partial charge in [0.15, 0.2) is 0 Å². The highest BCUT2D eigenvalue weighted by Crippen LogP contribution is 2.25. The molecular formula is C23H28Cl2N2O2S. The van der Waals surface area contributed by atoms with Gasteiger partial charge in [0.1, 0.15) is 6.04 Å². The number of rotatable bonds is 10. The average Bonchev–Trinajstić information content (AvgIpc) is 2.71. The Kier molecular flexibility index (Phi) is 10.0. The number of nitrogens with one attached hydrogen (secondary N) is 1. The topological polar surface area (TPSA) is 49.4 Å². The standard InChI is InChI=1S/C23H28Cl2N2O2S/c1-16(2)26-23(29)17(3)27(12-11-18-7-5-4-6-8-18)22(28)15-30-14-19-9-10-20(24)21(25)13-19/h4-10,13,16-17H,11-12,14-15H2,1-3H3,(H,26,29)/t17-/m0/s1. The Morgan fingerprint density at radius 2 is 1.70 bits per heavy atom. The summed E-state index contributed by atoms with van der Waals surface area (Å²) in [6.07, 6.45) is 0.698. The Labute approximate surface area is 193 Å². The number of halogens is 2. The van der Waals surface area contributed by atoms with Crippen LogP contribution >= 0.6 is 35.0 Å². The van der Waals surface area contributed by atoms with E-state index in [1.807, 2.05) is 56.3 Å². The van der Waals surface area contributed by atoms with Crippen molar-refractivity contribution in [3.8, 4) is 0 Å². The molecule has 1 N–H and O–H groups in total. The first-order chi connectivity index (χ1) is 14.3. The van der Waals surface area contributed by atoms with Crippen LogP contribution in [0.25, 0.3) is 0 Å². The van der Waals surface area contributed by atoms with Crippen molar-refractivity contribution >= 4 is 46.8 Å². The molecule has 2 amide bonds. The maximum absolute atomic E-state index is 13.0. The summed E-state index contributed by atoms with van der Waals surface area (Å²) in [5.41, 5.74) is 2.14. The van der Waals surface area contributed by atoms with E-state index in [0.717, 1.165) is 11.1 Å². The molecule has 0 saturated carbocycles. The number of hydrogen-bond donors (Lipinski definition) is 1. The molecule has 2 rings (SSSR count). The van der Waals surface area contributed by atoms with Crippen LogP contribution in [-0.2, 0) is 21.8 Å². The number of carbonyl (C=O) groups is 2. The molecule has 0 saturated heterocycles. The molecule has 0 unspecified atom stereocenters. The Morgan fingerprint density at radius 1 is 1.00 bits per heavy atom. The minimum Gasteiger partial charge on any atom is -0.352 e. The van der Waals surface area contributed by atoms with Gasteiger partial charge in [0.05, 0.1) is 15.8 Å². The van der Waals surface area contributed by atoms with Crippen LogP contribution < -0.4 is 5.32 Å². The molecular weight excluding hydrogens is 439 g/mol. The summed E-state index contributed by atoms with van der Waals surface area (Å²) >= 11 is 13.5. The Morgan fingerprint density at radius 3 is 2.33 bits per heavy atom. The molecule has 0 fully saturated rings. The van der Waals surface area contributed by atoms with Crippen LogP contribution in [0.2, 0.25) is 10.0 Å². The predicted molar refractivity (Wildman–Crippen MR) is 127 cm³/mol. The van der Waals surface area contributed by atoms with E-state index < -0.39 is 6.04 Å². The van der Waals surface area contributed by atoms with E-state index in [9.17, 15) is 9.59 Å². The second kappa shape index (κ2) is 12.2. The monoisotopic (exact) mass is 466 g/mol. The largest absolute Gasteiger partial charge is 0.352 e. The van der Waals surface area contributed by atoms with Gasteiger partial charge in [0.25, 0.3) is 0 Å². The average molecular weight is 467 g/mol. The smallest absolute Gasteiger partial charge is 0.242 e. The number of thioether (sulfide) groups is 1. The lowest BCUT2D eigenvalue weighted by molar-refractivity contribution is -0.138. The van der Waals surface area contributed by atoms with Crippen LogP contribution in [0.3, 0.4) is 0 Å². The zero-order valence-corrected chi connectivity index (χ0v) is 19.9. The molecule has 0 spiro atoms. The highest BCUT2D eigenvalue weighted by molar-refractivity contribution is 7.99. The minimum atomic E-state index is -0.533. The van der Waals surface area contributed by atoms with Crippen molar-refractivity contribution in [1.82, 2.24) is 10.2 Å². The summed E-state index contributed by atoms with van der Waals surface area (Å²) in [7, 11) is 0. The van der Waals surface area contributed by atoms with Gasteiger partial charge in [-0.25, -0.2) is 0 Å². The molecule has 0 aromatic heterocycles. The van der Waals surface area contributed by atoms with E-state index in [-0.39, 0.29) is 23.6 Å². The van der Waals surface area contributed by atoms with Crippen LogP contribution in [0.4, 0.5) is 0 Å². The molecule has 2 aromatic rings. The van der Waals surface area contributed by atoms with E-state index in [4.69, 9.17) is 23.2 Å². The number of nitrogens with zero attached hydrogens (tertiary/aromatic N) is 1. The predicted octanol–water partition coefficient (Wildman–Crippen LogP) is 5.21. The number of carbonyl (C=O) groups excluding carboxylic acids is 2. The van der Waals surface area contributed by atoms with Crippen LogP contribution in [0.5, 0.6) is 0 Å². The fourth-order valence-corrected chi connectivity index (χ4v) is 4.12. The quantitative estimate of drug-likeness (QED) is 0.522. The first kappa shape index (κ1) is 24.6. The Balaban J connectivity index is 2.00. The maximum Gasteiger partial charge on any atom is 0.242 e. The summed E-state index contributed by atoms with van der Waals surface area (Å²) in [5, 5.41) is 3.92. The van der Waals surface area contributed by atoms with Gasteiger partial charge in [0, 0.05) is 18.3 Å². The van der Waals surface area contributed by atoms with Gasteiger partial charge in [-0.05, 0) is 50.5 Å². The number of amides is 2. The van der Waals surface area contributed by atoms with Crippen molar-refractivity contribution in [2.45, 2.75) is 45.0 Å². The van der Waals surface area contributed by atoms with E-state index in [1.54, 1.807) is 17.9 Å². The minimum absolute atomic E-state index is 0.0232. The van der Waals surface area contributed by atoms with Crippen LogP contribution in [0.15, 0.2) is 48.5 Å². The second-order valence-electron chi connectivity index (χ2n) is 7.40. The third-order valence-corrected chi connectivity index (χ3v) is 6.29. The van der Waals surface area contributed by atoms with Crippen LogP contribution in [0.1, 0.15) is 31.9 Å². The normalized spacial score (nSPS) is 11.9. The lowest BCUT2D eigenvalue weighted by Crippen LogP contribution is -2.50. The maximum atomic E-state index is 13.0. The zero-order valence-electron chi connectivity index (χ0n) is 17.5. The Hall–Kier alpha value is -1.69. The van der Waals surface area contributed by atoms with E-state index >= 15 is 0 Å². The highest BCUT2D eigenvalue weighted by Gasteiger charge is 2.25. The van der Waals surface area contributed by atoms with Crippen molar-refractivity contribution in [2.24, 2.45) is 0 Å². The number of hydrogen-bond acceptors (Lipinski definition) is 3. The third kappa shape index (κ3) is 7.86. The molecule has 0 aliphatic heterocycles. The molecule has 0 bridgehead atoms. The van der Waals surface area contributed by atoms with Crippen molar-refractivity contribution < 1.29 is 9.59 Å². The summed E-state index contributed by atoms with van der Waals surface area (Å²) in [6.45, 7) is 6.09. The van der Waals surface area contributed by atoms with Gasteiger partial charge in [-0.3, -0.25) is 9.59 Å². The summed E-state index contributed by atoms with van der Waals surface area (Å²) in [5.74, 6) is 0.735. The van der Waals surface area contributed by atoms with Crippen molar-refractivity contribution in [3.63, 3.8) is 0 Å². The fraction of sp³-hybridized carbons (Fsp3) is 0.391.